The van der Waals surface area contributed by atoms with Gasteiger partial charge in [0.05, 0.1) is 11.3 Å². The molecule has 3 heteroatoms. The Morgan fingerprint density at radius 2 is 1.52 bits per heavy atom. The van der Waals surface area contributed by atoms with Crippen LogP contribution >= 0.6 is 0 Å². The van der Waals surface area contributed by atoms with Crippen molar-refractivity contribution in [3.05, 3.63) is 90.0 Å². The second kappa shape index (κ2) is 6.29. The van der Waals surface area contributed by atoms with Gasteiger partial charge in [0.25, 0.3) is 0 Å². The molecule has 0 bridgehead atoms. The predicted molar refractivity (Wildman–Crippen MR) is 99.9 cm³/mol. The number of benzene rings is 3. The molecule has 0 spiro atoms. The molecule has 3 nitrogen and oxygen atoms in total. The molecule has 0 atom stereocenters. The fourth-order valence-corrected chi connectivity index (χ4v) is 3.05. The molecule has 0 saturated carbocycles. The molecule has 0 radical (unpaired) electrons. The highest BCUT2D eigenvalue weighted by molar-refractivity contribution is 5.94. The number of aryl methyl sites for hydroxylation is 1. The second-order valence-electron chi connectivity index (χ2n) is 5.92. The Labute approximate surface area is 145 Å². The first kappa shape index (κ1) is 15.2. The van der Waals surface area contributed by atoms with Gasteiger partial charge >= 0.3 is 5.97 Å². The Morgan fingerprint density at radius 1 is 0.840 bits per heavy atom. The van der Waals surface area contributed by atoms with Crippen molar-refractivity contribution < 1.29 is 9.53 Å². The maximum absolute atomic E-state index is 12.4. The first-order valence-corrected chi connectivity index (χ1v) is 8.18. The van der Waals surface area contributed by atoms with Crippen LogP contribution in [0.5, 0.6) is 5.75 Å². The number of carbonyl (C=O) groups is 1. The summed E-state index contributed by atoms with van der Waals surface area (Å²) in [5, 5.41) is 1.17. The molecule has 4 rings (SSSR count). The molecular formula is C22H17NO2. The summed E-state index contributed by atoms with van der Waals surface area (Å²) in [4.78, 5) is 15.9. The number of esters is 1. The van der Waals surface area contributed by atoms with Crippen LogP contribution in [0.25, 0.3) is 22.2 Å². The van der Waals surface area contributed by atoms with E-state index in [1.54, 1.807) is 12.1 Å². The van der Waals surface area contributed by atoms with E-state index in [0.717, 1.165) is 22.3 Å². The number of hydrogen-bond acceptors (Lipinski definition) is 2. The van der Waals surface area contributed by atoms with Crippen LogP contribution in [-0.2, 0) is 0 Å². The zero-order chi connectivity index (χ0) is 17.2. The lowest BCUT2D eigenvalue weighted by Gasteiger charge is -2.10. The maximum Gasteiger partial charge on any atom is 0.343 e. The molecule has 25 heavy (non-hydrogen) atoms. The number of fused-ring (bicyclic) bond motifs is 1. The van der Waals surface area contributed by atoms with Crippen molar-refractivity contribution in [3.8, 4) is 17.0 Å². The number of nitrogens with one attached hydrogen (secondary N) is 1. The molecular weight excluding hydrogens is 310 g/mol. The molecule has 0 aliphatic rings. The van der Waals surface area contributed by atoms with Crippen LogP contribution in [-0.4, -0.2) is 11.0 Å². The van der Waals surface area contributed by atoms with Gasteiger partial charge in [-0.3, -0.25) is 0 Å². The molecule has 0 fully saturated rings. The van der Waals surface area contributed by atoms with Crippen molar-refractivity contribution in [2.24, 2.45) is 0 Å². The van der Waals surface area contributed by atoms with E-state index < -0.39 is 0 Å². The molecule has 0 aliphatic heterocycles. The van der Waals surface area contributed by atoms with Crippen molar-refractivity contribution in [1.82, 2.24) is 4.98 Å². The van der Waals surface area contributed by atoms with Gasteiger partial charge < -0.3 is 9.72 Å². The Hall–Kier alpha value is -3.33. The molecule has 0 aliphatic carbocycles. The normalized spacial score (nSPS) is 10.8. The summed E-state index contributed by atoms with van der Waals surface area (Å²) in [5.74, 6) is 0.188. The molecule has 0 amide bonds. The molecule has 122 valence electrons. The van der Waals surface area contributed by atoms with E-state index in [0.29, 0.717) is 11.3 Å². The van der Waals surface area contributed by atoms with Crippen molar-refractivity contribution in [2.75, 3.05) is 0 Å². The monoisotopic (exact) mass is 327 g/mol. The van der Waals surface area contributed by atoms with E-state index in [2.05, 4.69) is 18.0 Å². The Balaban J connectivity index is 1.76. The van der Waals surface area contributed by atoms with Crippen molar-refractivity contribution >= 4 is 16.9 Å². The molecule has 1 N–H and O–H groups in total. The minimum atomic E-state index is -0.359. The van der Waals surface area contributed by atoms with Gasteiger partial charge in [-0.05, 0) is 42.8 Å². The van der Waals surface area contributed by atoms with Gasteiger partial charge in [0, 0.05) is 16.5 Å². The number of hydrogen-bond donors (Lipinski definition) is 1. The number of ether oxygens (including phenoxy) is 1. The zero-order valence-electron chi connectivity index (χ0n) is 13.8. The van der Waals surface area contributed by atoms with Gasteiger partial charge in [0.2, 0.25) is 0 Å². The first-order chi connectivity index (χ1) is 12.2. The third-order valence-corrected chi connectivity index (χ3v) is 4.33. The fraction of sp³-hybridized carbons (Fsp3) is 0.0455. The first-order valence-electron chi connectivity index (χ1n) is 8.18. The number of rotatable bonds is 3. The van der Waals surface area contributed by atoms with Crippen LogP contribution in [0.2, 0.25) is 0 Å². The predicted octanol–water partition coefficient (Wildman–Crippen LogP) is 5.36. The second-order valence-corrected chi connectivity index (χ2v) is 5.92. The maximum atomic E-state index is 12.4. The third kappa shape index (κ3) is 2.81. The highest BCUT2D eigenvalue weighted by Gasteiger charge is 2.16. The Kier molecular flexibility index (Phi) is 3.82. The lowest BCUT2D eigenvalue weighted by Crippen LogP contribution is -2.09. The quantitative estimate of drug-likeness (QED) is 0.406. The smallest absolute Gasteiger partial charge is 0.343 e. The summed E-state index contributed by atoms with van der Waals surface area (Å²) in [7, 11) is 0. The summed E-state index contributed by atoms with van der Waals surface area (Å²) >= 11 is 0. The summed E-state index contributed by atoms with van der Waals surface area (Å²) < 4.78 is 5.68. The minimum absolute atomic E-state index is 0.359. The van der Waals surface area contributed by atoms with E-state index in [-0.39, 0.29) is 5.97 Å². The van der Waals surface area contributed by atoms with Gasteiger partial charge in [0.1, 0.15) is 5.75 Å². The van der Waals surface area contributed by atoms with Crippen molar-refractivity contribution in [1.29, 1.82) is 0 Å². The van der Waals surface area contributed by atoms with Gasteiger partial charge in [-0.15, -0.1) is 0 Å². The summed E-state index contributed by atoms with van der Waals surface area (Å²) in [6.07, 6.45) is 0. The number of aromatic amines is 1. The fourth-order valence-electron chi connectivity index (χ4n) is 3.05. The molecule has 1 heterocycles. The van der Waals surface area contributed by atoms with Gasteiger partial charge in [-0.1, -0.05) is 48.5 Å². The lowest BCUT2D eigenvalue weighted by atomic mass is 10.1. The Morgan fingerprint density at radius 3 is 2.32 bits per heavy atom. The minimum Gasteiger partial charge on any atom is -0.422 e. The SMILES string of the molecule is Cc1c(-c2ccccc2OC(=O)c2ccccc2)[nH]c2ccccc12. The standard InChI is InChI=1S/C22H17NO2/c1-15-17-11-5-7-13-19(17)23-21(15)18-12-6-8-14-20(18)25-22(24)16-9-3-2-4-10-16/h2-14,23H,1H3. The topological polar surface area (TPSA) is 42.1 Å². The van der Waals surface area contributed by atoms with Crippen LogP contribution in [0.1, 0.15) is 15.9 Å². The van der Waals surface area contributed by atoms with Gasteiger partial charge in [-0.25, -0.2) is 4.79 Å². The van der Waals surface area contributed by atoms with E-state index in [1.807, 2.05) is 60.7 Å². The number of aromatic nitrogens is 1. The van der Waals surface area contributed by atoms with Gasteiger partial charge in [-0.2, -0.15) is 0 Å². The highest BCUT2D eigenvalue weighted by atomic mass is 16.5. The van der Waals surface area contributed by atoms with Crippen LogP contribution in [0.4, 0.5) is 0 Å². The van der Waals surface area contributed by atoms with E-state index in [4.69, 9.17) is 4.74 Å². The van der Waals surface area contributed by atoms with Crippen LogP contribution in [0.15, 0.2) is 78.9 Å². The van der Waals surface area contributed by atoms with Crippen molar-refractivity contribution in [2.45, 2.75) is 6.92 Å². The molecule has 0 saturated heterocycles. The molecule has 1 aromatic heterocycles. The van der Waals surface area contributed by atoms with E-state index in [9.17, 15) is 4.79 Å². The lowest BCUT2D eigenvalue weighted by molar-refractivity contribution is 0.0735. The number of H-pyrrole nitrogens is 1. The van der Waals surface area contributed by atoms with E-state index in [1.165, 1.54) is 5.39 Å². The largest absolute Gasteiger partial charge is 0.422 e. The van der Waals surface area contributed by atoms with Gasteiger partial charge in [0.15, 0.2) is 0 Å². The summed E-state index contributed by atoms with van der Waals surface area (Å²) in [6.45, 7) is 2.07. The average Bonchev–Trinajstić information content (AvgIpc) is 3.00. The summed E-state index contributed by atoms with van der Waals surface area (Å²) in [5.41, 5.74) is 4.59. The zero-order valence-corrected chi connectivity index (χ0v) is 13.8. The summed E-state index contributed by atoms with van der Waals surface area (Å²) in [6, 6.07) is 24.8. The molecule has 4 aromatic rings. The van der Waals surface area contributed by atoms with Crippen LogP contribution in [0.3, 0.4) is 0 Å². The number of para-hydroxylation sites is 2. The number of carbonyl (C=O) groups excluding carboxylic acids is 1. The van der Waals surface area contributed by atoms with Crippen molar-refractivity contribution in [3.63, 3.8) is 0 Å². The molecule has 0 unspecified atom stereocenters. The third-order valence-electron chi connectivity index (χ3n) is 4.33. The molecule has 3 aromatic carbocycles. The Bertz CT molecular complexity index is 1050. The van der Waals surface area contributed by atoms with Crippen LogP contribution < -0.4 is 4.74 Å². The van der Waals surface area contributed by atoms with E-state index >= 15 is 0 Å². The van der Waals surface area contributed by atoms with Crippen LogP contribution in [0, 0.1) is 6.92 Å². The highest BCUT2D eigenvalue weighted by Crippen LogP contribution is 2.35. The average molecular weight is 327 g/mol.